The Bertz CT molecular complexity index is 370. The fraction of sp³-hybridized carbons (Fsp3) is 0.667. The summed E-state index contributed by atoms with van der Waals surface area (Å²) in [6.07, 6.45) is 4.15. The van der Waals surface area contributed by atoms with Crippen LogP contribution in [0.15, 0.2) is 18.3 Å². The molecule has 1 aliphatic rings. The van der Waals surface area contributed by atoms with Crippen LogP contribution >= 0.6 is 0 Å². The summed E-state index contributed by atoms with van der Waals surface area (Å²) < 4.78 is 5.96. The summed E-state index contributed by atoms with van der Waals surface area (Å²) >= 11 is 0. The van der Waals surface area contributed by atoms with Gasteiger partial charge in [0, 0.05) is 25.3 Å². The number of aliphatic hydroxyl groups is 1. The predicted octanol–water partition coefficient (Wildman–Crippen LogP) is 2.04. The molecule has 0 bridgehead atoms. The lowest BCUT2D eigenvalue weighted by Crippen LogP contribution is -2.39. The minimum atomic E-state index is 0.242. The van der Waals surface area contributed by atoms with E-state index in [2.05, 4.69) is 23.7 Å². The van der Waals surface area contributed by atoms with Crippen LogP contribution in [0.1, 0.15) is 38.3 Å². The Hall–Kier alpha value is -1.13. The quantitative estimate of drug-likeness (QED) is 0.884. The Balaban J connectivity index is 1.82. The fourth-order valence-corrected chi connectivity index (χ4v) is 2.39. The topological polar surface area (TPSA) is 45.6 Å². The van der Waals surface area contributed by atoms with Crippen LogP contribution in [0.25, 0.3) is 0 Å². The summed E-state index contributed by atoms with van der Waals surface area (Å²) in [5, 5.41) is 8.91. The van der Waals surface area contributed by atoms with Crippen molar-refractivity contribution in [2.24, 2.45) is 0 Å². The normalized spacial score (nSPS) is 17.9. The molecule has 1 aromatic heterocycles. The number of aromatic nitrogens is 1. The molecule has 4 heteroatoms. The van der Waals surface area contributed by atoms with E-state index in [0.29, 0.717) is 5.92 Å². The minimum absolute atomic E-state index is 0.242. The van der Waals surface area contributed by atoms with Crippen LogP contribution in [-0.4, -0.2) is 47.3 Å². The second-order valence-corrected chi connectivity index (χ2v) is 5.46. The number of aliphatic hydroxyl groups excluding tert-OH is 1. The number of piperidine rings is 1. The lowest BCUT2D eigenvalue weighted by molar-refractivity contribution is 0.0886. The Morgan fingerprint density at radius 2 is 2.11 bits per heavy atom. The zero-order valence-corrected chi connectivity index (χ0v) is 11.9. The van der Waals surface area contributed by atoms with Crippen molar-refractivity contribution < 1.29 is 9.84 Å². The van der Waals surface area contributed by atoms with Crippen LogP contribution in [0.4, 0.5) is 0 Å². The molecule has 0 aliphatic carbocycles. The van der Waals surface area contributed by atoms with Gasteiger partial charge in [-0.3, -0.25) is 4.98 Å². The minimum Gasteiger partial charge on any atom is -0.489 e. The molecule has 0 atom stereocenters. The van der Waals surface area contributed by atoms with Gasteiger partial charge in [0.2, 0.25) is 0 Å². The van der Waals surface area contributed by atoms with Gasteiger partial charge in [0.1, 0.15) is 11.9 Å². The molecule has 0 spiro atoms. The van der Waals surface area contributed by atoms with E-state index in [0.717, 1.165) is 43.9 Å². The number of β-amino-alcohol motifs (C(OH)–C–C–N with tert-alkyl or cyclic N) is 1. The van der Waals surface area contributed by atoms with Crippen molar-refractivity contribution in [1.82, 2.24) is 9.88 Å². The van der Waals surface area contributed by atoms with E-state index in [9.17, 15) is 0 Å². The lowest BCUT2D eigenvalue weighted by atomic mass is 10.1. The highest BCUT2D eigenvalue weighted by Gasteiger charge is 2.20. The predicted molar refractivity (Wildman–Crippen MR) is 75.5 cm³/mol. The zero-order valence-electron chi connectivity index (χ0n) is 11.9. The maximum absolute atomic E-state index is 8.91. The summed E-state index contributed by atoms with van der Waals surface area (Å²) in [5.41, 5.74) is 1.10. The van der Waals surface area contributed by atoms with Gasteiger partial charge in [-0.15, -0.1) is 0 Å². The van der Waals surface area contributed by atoms with E-state index < -0.39 is 0 Å². The SMILES string of the molecule is CC(C)c1ccc(OC2CCN(CCO)CC2)cn1. The molecule has 0 unspecified atom stereocenters. The molecule has 19 heavy (non-hydrogen) atoms. The molecule has 0 saturated carbocycles. The molecule has 2 heterocycles. The zero-order chi connectivity index (χ0) is 13.7. The van der Waals surface area contributed by atoms with Gasteiger partial charge in [0.25, 0.3) is 0 Å². The fourth-order valence-electron chi connectivity index (χ4n) is 2.39. The van der Waals surface area contributed by atoms with E-state index in [1.54, 1.807) is 0 Å². The van der Waals surface area contributed by atoms with Crippen LogP contribution in [0.3, 0.4) is 0 Å². The largest absolute Gasteiger partial charge is 0.489 e. The third kappa shape index (κ3) is 4.18. The summed E-state index contributed by atoms with van der Waals surface area (Å²) in [6.45, 7) is 7.30. The summed E-state index contributed by atoms with van der Waals surface area (Å²) in [4.78, 5) is 6.70. The first-order valence-electron chi connectivity index (χ1n) is 7.15. The van der Waals surface area contributed by atoms with Gasteiger partial charge in [-0.2, -0.15) is 0 Å². The number of nitrogens with zero attached hydrogens (tertiary/aromatic N) is 2. The average Bonchev–Trinajstić information content (AvgIpc) is 2.42. The smallest absolute Gasteiger partial charge is 0.138 e. The molecule has 106 valence electrons. The third-order valence-electron chi connectivity index (χ3n) is 3.60. The molecule has 2 rings (SSSR count). The van der Waals surface area contributed by atoms with E-state index in [1.165, 1.54) is 0 Å². The second-order valence-electron chi connectivity index (χ2n) is 5.46. The Labute approximate surface area is 115 Å². The van der Waals surface area contributed by atoms with Gasteiger partial charge in [0.15, 0.2) is 0 Å². The van der Waals surface area contributed by atoms with Crippen LogP contribution in [-0.2, 0) is 0 Å². The number of likely N-dealkylation sites (tertiary alicyclic amines) is 1. The number of hydrogen-bond donors (Lipinski definition) is 1. The standard InChI is InChI=1S/C15H24N2O2/c1-12(2)15-4-3-14(11-16-15)19-13-5-7-17(8-6-13)9-10-18/h3-4,11-13,18H,5-10H2,1-2H3. The number of rotatable bonds is 5. The highest BCUT2D eigenvalue weighted by molar-refractivity contribution is 5.21. The van der Waals surface area contributed by atoms with Crippen molar-refractivity contribution in [3.63, 3.8) is 0 Å². The molecule has 0 radical (unpaired) electrons. The van der Waals surface area contributed by atoms with Gasteiger partial charge in [0.05, 0.1) is 12.8 Å². The van der Waals surface area contributed by atoms with Gasteiger partial charge in [-0.25, -0.2) is 0 Å². The van der Waals surface area contributed by atoms with Gasteiger partial charge >= 0.3 is 0 Å². The molecular weight excluding hydrogens is 240 g/mol. The first-order valence-corrected chi connectivity index (χ1v) is 7.15. The van der Waals surface area contributed by atoms with Gasteiger partial charge < -0.3 is 14.7 Å². The summed E-state index contributed by atoms with van der Waals surface area (Å²) in [5.74, 6) is 1.32. The highest BCUT2D eigenvalue weighted by atomic mass is 16.5. The van der Waals surface area contributed by atoms with Crippen molar-refractivity contribution in [3.05, 3.63) is 24.0 Å². The molecule has 0 aromatic carbocycles. The maximum Gasteiger partial charge on any atom is 0.138 e. The van der Waals surface area contributed by atoms with Crippen molar-refractivity contribution in [1.29, 1.82) is 0 Å². The van der Waals surface area contributed by atoms with Crippen molar-refractivity contribution >= 4 is 0 Å². The van der Waals surface area contributed by atoms with Crippen molar-refractivity contribution in [2.45, 2.75) is 38.7 Å². The van der Waals surface area contributed by atoms with Crippen LogP contribution in [0.2, 0.25) is 0 Å². The third-order valence-corrected chi connectivity index (χ3v) is 3.60. The number of pyridine rings is 1. The van der Waals surface area contributed by atoms with Gasteiger partial charge in [-0.1, -0.05) is 13.8 Å². The van der Waals surface area contributed by atoms with E-state index in [1.807, 2.05) is 18.3 Å². The van der Waals surface area contributed by atoms with E-state index in [-0.39, 0.29) is 12.7 Å². The van der Waals surface area contributed by atoms with Crippen LogP contribution < -0.4 is 4.74 Å². The van der Waals surface area contributed by atoms with Crippen LogP contribution in [0.5, 0.6) is 5.75 Å². The number of hydrogen-bond acceptors (Lipinski definition) is 4. The molecule has 1 aromatic rings. The van der Waals surface area contributed by atoms with E-state index in [4.69, 9.17) is 9.84 Å². The molecule has 1 fully saturated rings. The summed E-state index contributed by atoms with van der Waals surface area (Å²) in [6, 6.07) is 4.06. The Morgan fingerprint density at radius 3 is 2.63 bits per heavy atom. The van der Waals surface area contributed by atoms with E-state index >= 15 is 0 Å². The van der Waals surface area contributed by atoms with Crippen LogP contribution in [0, 0.1) is 0 Å². The summed E-state index contributed by atoms with van der Waals surface area (Å²) in [7, 11) is 0. The Kier molecular flexibility index (Phi) is 5.16. The first-order chi connectivity index (χ1) is 9.19. The molecule has 1 N–H and O–H groups in total. The lowest BCUT2D eigenvalue weighted by Gasteiger charge is -2.31. The first kappa shape index (κ1) is 14.3. The average molecular weight is 264 g/mol. The van der Waals surface area contributed by atoms with Crippen molar-refractivity contribution in [3.8, 4) is 5.75 Å². The molecule has 0 amide bonds. The molecular formula is C15H24N2O2. The molecule has 1 saturated heterocycles. The highest BCUT2D eigenvalue weighted by Crippen LogP contribution is 2.20. The van der Waals surface area contributed by atoms with Crippen molar-refractivity contribution in [2.75, 3.05) is 26.2 Å². The maximum atomic E-state index is 8.91. The van der Waals surface area contributed by atoms with Gasteiger partial charge in [-0.05, 0) is 30.9 Å². The molecule has 4 nitrogen and oxygen atoms in total. The molecule has 1 aliphatic heterocycles. The monoisotopic (exact) mass is 264 g/mol. The number of ether oxygens (including phenoxy) is 1. The Morgan fingerprint density at radius 1 is 1.37 bits per heavy atom. The second kappa shape index (κ2) is 6.87.